The topological polar surface area (TPSA) is 73.3 Å². The van der Waals surface area contributed by atoms with E-state index in [2.05, 4.69) is 16.6 Å². The fourth-order valence-corrected chi connectivity index (χ4v) is 2.32. The van der Waals surface area contributed by atoms with E-state index in [1.807, 2.05) is 28.8 Å². The second-order valence-corrected chi connectivity index (χ2v) is 4.91. The molecule has 0 N–H and O–H groups in total. The molecule has 1 heterocycles. The Morgan fingerprint density at radius 3 is 2.87 bits per heavy atom. The molecule has 114 valence electrons. The highest BCUT2D eigenvalue weighted by molar-refractivity contribution is 5.84. The van der Waals surface area contributed by atoms with Crippen LogP contribution in [0.1, 0.15) is 5.56 Å². The fraction of sp³-hybridized carbons (Fsp3) is 0.0588. The first-order valence-electron chi connectivity index (χ1n) is 7.04. The normalized spacial score (nSPS) is 11.1. The molecule has 1 aromatic heterocycles. The van der Waals surface area contributed by atoms with Crippen molar-refractivity contribution in [3.63, 3.8) is 0 Å². The highest BCUT2D eigenvalue weighted by atomic mass is 16.6. The van der Waals surface area contributed by atoms with Crippen LogP contribution in [0.4, 0.5) is 11.6 Å². The maximum Gasteiger partial charge on any atom is 0.270 e. The molecular weight excluding hydrogens is 292 g/mol. The van der Waals surface area contributed by atoms with E-state index in [1.165, 1.54) is 12.1 Å². The van der Waals surface area contributed by atoms with E-state index < -0.39 is 4.92 Å². The maximum absolute atomic E-state index is 10.8. The van der Waals surface area contributed by atoms with Crippen LogP contribution in [0.3, 0.4) is 0 Å². The Morgan fingerprint density at radius 2 is 2.09 bits per heavy atom. The number of imidazole rings is 1. The Bertz CT molecular complexity index is 912. The third-order valence-corrected chi connectivity index (χ3v) is 3.36. The van der Waals surface area contributed by atoms with Gasteiger partial charge in [-0.2, -0.15) is 0 Å². The summed E-state index contributed by atoms with van der Waals surface area (Å²) in [5, 5.41) is 10.8. The lowest BCUT2D eigenvalue weighted by atomic mass is 10.2. The standard InChI is InChI=1S/C17H14N4O2/c1-2-10-20-16-9-4-3-8-15(16)19-17(20)18-12-13-6-5-7-14(11-13)21(22)23/h2-9,11-12H,1,10H2/b18-12+. The van der Waals surface area contributed by atoms with Crippen molar-refractivity contribution >= 4 is 28.9 Å². The zero-order valence-corrected chi connectivity index (χ0v) is 12.3. The molecule has 0 amide bonds. The van der Waals surface area contributed by atoms with E-state index in [0.717, 1.165) is 11.0 Å². The summed E-state index contributed by atoms with van der Waals surface area (Å²) < 4.78 is 1.94. The zero-order valence-electron chi connectivity index (χ0n) is 12.3. The van der Waals surface area contributed by atoms with Gasteiger partial charge >= 0.3 is 0 Å². The van der Waals surface area contributed by atoms with Crippen LogP contribution in [-0.2, 0) is 6.54 Å². The number of hydrogen-bond acceptors (Lipinski definition) is 4. The summed E-state index contributed by atoms with van der Waals surface area (Å²) >= 11 is 0. The second-order valence-electron chi connectivity index (χ2n) is 4.91. The quantitative estimate of drug-likeness (QED) is 0.311. The summed E-state index contributed by atoms with van der Waals surface area (Å²) in [6, 6.07) is 14.1. The molecule has 0 aliphatic carbocycles. The molecule has 0 bridgehead atoms. The van der Waals surface area contributed by atoms with Crippen molar-refractivity contribution < 1.29 is 4.92 Å². The predicted octanol–water partition coefficient (Wildman–Crippen LogP) is 3.88. The van der Waals surface area contributed by atoms with Crippen LogP contribution in [-0.4, -0.2) is 20.7 Å². The van der Waals surface area contributed by atoms with Gasteiger partial charge in [0, 0.05) is 24.9 Å². The molecule has 0 spiro atoms. The van der Waals surface area contributed by atoms with Gasteiger partial charge in [0.25, 0.3) is 5.69 Å². The first kappa shape index (κ1) is 14.6. The summed E-state index contributed by atoms with van der Waals surface area (Å²) in [5.41, 5.74) is 2.50. The van der Waals surface area contributed by atoms with Crippen molar-refractivity contribution in [2.45, 2.75) is 6.54 Å². The number of non-ortho nitro benzene ring substituents is 1. The highest BCUT2D eigenvalue weighted by Crippen LogP contribution is 2.22. The largest absolute Gasteiger partial charge is 0.305 e. The molecule has 0 fully saturated rings. The van der Waals surface area contributed by atoms with E-state index in [-0.39, 0.29) is 5.69 Å². The van der Waals surface area contributed by atoms with E-state index in [0.29, 0.717) is 18.1 Å². The second kappa shape index (κ2) is 6.23. The van der Waals surface area contributed by atoms with Crippen LogP contribution in [0.25, 0.3) is 11.0 Å². The average Bonchev–Trinajstić information content (AvgIpc) is 2.92. The number of aromatic nitrogens is 2. The summed E-state index contributed by atoms with van der Waals surface area (Å²) in [7, 11) is 0. The van der Waals surface area contributed by atoms with Crippen LogP contribution in [0.5, 0.6) is 0 Å². The minimum Gasteiger partial charge on any atom is -0.305 e. The Hall–Kier alpha value is -3.28. The van der Waals surface area contributed by atoms with Crippen LogP contribution in [0.15, 0.2) is 66.2 Å². The number of nitro benzene ring substituents is 1. The summed E-state index contributed by atoms with van der Waals surface area (Å²) in [4.78, 5) is 19.3. The molecule has 0 unspecified atom stereocenters. The van der Waals surface area contributed by atoms with E-state index >= 15 is 0 Å². The van der Waals surface area contributed by atoms with Crippen molar-refractivity contribution in [3.05, 3.63) is 76.9 Å². The molecule has 3 rings (SSSR count). The number of benzene rings is 2. The number of fused-ring (bicyclic) bond motifs is 1. The van der Waals surface area contributed by atoms with Gasteiger partial charge in [0.05, 0.1) is 16.0 Å². The third kappa shape index (κ3) is 3.01. The van der Waals surface area contributed by atoms with Crippen molar-refractivity contribution in [3.8, 4) is 0 Å². The molecule has 6 heteroatoms. The van der Waals surface area contributed by atoms with E-state index in [1.54, 1.807) is 24.4 Å². The first-order valence-corrected chi connectivity index (χ1v) is 7.04. The molecule has 0 atom stereocenters. The number of para-hydroxylation sites is 2. The van der Waals surface area contributed by atoms with Gasteiger partial charge in [0.15, 0.2) is 0 Å². The molecule has 0 saturated carbocycles. The van der Waals surface area contributed by atoms with Crippen molar-refractivity contribution in [2.24, 2.45) is 4.99 Å². The maximum atomic E-state index is 10.8. The molecule has 0 aliphatic rings. The van der Waals surface area contributed by atoms with Crippen molar-refractivity contribution in [2.75, 3.05) is 0 Å². The van der Waals surface area contributed by atoms with Gasteiger partial charge < -0.3 is 4.57 Å². The van der Waals surface area contributed by atoms with Crippen molar-refractivity contribution in [1.82, 2.24) is 9.55 Å². The van der Waals surface area contributed by atoms with Gasteiger partial charge in [0.2, 0.25) is 5.95 Å². The fourth-order valence-electron chi connectivity index (χ4n) is 2.32. The smallest absolute Gasteiger partial charge is 0.270 e. The lowest BCUT2D eigenvalue weighted by Crippen LogP contribution is -1.94. The van der Waals surface area contributed by atoms with Crippen LogP contribution in [0.2, 0.25) is 0 Å². The Morgan fingerprint density at radius 1 is 1.26 bits per heavy atom. The molecule has 6 nitrogen and oxygen atoms in total. The zero-order chi connectivity index (χ0) is 16.2. The number of hydrogen-bond donors (Lipinski definition) is 0. The number of nitro groups is 1. The number of rotatable bonds is 5. The van der Waals surface area contributed by atoms with Gasteiger partial charge in [-0.1, -0.05) is 30.3 Å². The molecular formula is C17H14N4O2. The Kier molecular flexibility index (Phi) is 3.97. The number of allylic oxidation sites excluding steroid dienone is 1. The van der Waals surface area contributed by atoms with Gasteiger partial charge in [-0.05, 0) is 17.7 Å². The predicted molar refractivity (Wildman–Crippen MR) is 90.3 cm³/mol. The minimum atomic E-state index is -0.426. The number of aliphatic imine (C=N–C) groups is 1. The molecule has 0 aliphatic heterocycles. The summed E-state index contributed by atoms with van der Waals surface area (Å²) in [6.45, 7) is 4.34. The third-order valence-electron chi connectivity index (χ3n) is 3.36. The van der Waals surface area contributed by atoms with Crippen LogP contribution in [0, 0.1) is 10.1 Å². The Balaban J connectivity index is 2.00. The van der Waals surface area contributed by atoms with E-state index in [9.17, 15) is 10.1 Å². The minimum absolute atomic E-state index is 0.0357. The van der Waals surface area contributed by atoms with Crippen molar-refractivity contribution in [1.29, 1.82) is 0 Å². The van der Waals surface area contributed by atoms with Crippen LogP contribution >= 0.6 is 0 Å². The van der Waals surface area contributed by atoms with Crippen LogP contribution < -0.4 is 0 Å². The lowest BCUT2D eigenvalue weighted by Gasteiger charge is -2.01. The molecule has 0 radical (unpaired) electrons. The molecule has 3 aromatic rings. The highest BCUT2D eigenvalue weighted by Gasteiger charge is 2.08. The molecule has 2 aromatic carbocycles. The summed E-state index contributed by atoms with van der Waals surface area (Å²) in [5.74, 6) is 0.539. The van der Waals surface area contributed by atoms with E-state index in [4.69, 9.17) is 0 Å². The van der Waals surface area contributed by atoms with Gasteiger partial charge in [-0.15, -0.1) is 6.58 Å². The first-order chi connectivity index (χ1) is 11.2. The average molecular weight is 306 g/mol. The Labute approximate surface area is 132 Å². The lowest BCUT2D eigenvalue weighted by molar-refractivity contribution is -0.384. The number of nitrogens with zero attached hydrogens (tertiary/aromatic N) is 4. The van der Waals surface area contributed by atoms with Gasteiger partial charge in [0.1, 0.15) is 0 Å². The molecule has 23 heavy (non-hydrogen) atoms. The molecule has 0 saturated heterocycles. The summed E-state index contributed by atoms with van der Waals surface area (Å²) in [6.07, 6.45) is 3.36. The monoisotopic (exact) mass is 306 g/mol. The van der Waals surface area contributed by atoms with Gasteiger partial charge in [-0.25, -0.2) is 9.98 Å². The SMILES string of the molecule is C=CCn1c(/N=C/c2cccc([N+](=O)[O-])c2)nc2ccccc21. The van der Waals surface area contributed by atoms with Gasteiger partial charge in [-0.3, -0.25) is 10.1 Å².